The topological polar surface area (TPSA) is 71.2 Å². The van der Waals surface area contributed by atoms with Crippen molar-refractivity contribution in [3.8, 4) is 11.4 Å². The summed E-state index contributed by atoms with van der Waals surface area (Å²) in [5, 5.41) is 16.7. The minimum atomic E-state index is -0.341. The Kier molecular flexibility index (Phi) is 3.38. The number of aryl methyl sites for hydroxylation is 1. The minimum Gasteiger partial charge on any atom is -0.392 e. The lowest BCUT2D eigenvalue weighted by Crippen LogP contribution is -2.15. The molecule has 0 spiro atoms. The first-order chi connectivity index (χ1) is 9.13. The van der Waals surface area contributed by atoms with Crippen LogP contribution in [0.3, 0.4) is 0 Å². The second-order valence-corrected chi connectivity index (χ2v) is 5.64. The normalized spacial score (nSPS) is 22.9. The number of benzene rings is 1. The Morgan fingerprint density at radius 2 is 2.32 bits per heavy atom. The van der Waals surface area contributed by atoms with Crippen LogP contribution in [0.4, 0.5) is 0 Å². The highest BCUT2D eigenvalue weighted by Gasteiger charge is 2.28. The molecule has 100 valence electrons. The van der Waals surface area contributed by atoms with E-state index in [1.54, 1.807) is 0 Å². The number of aromatic nitrogens is 2. The summed E-state index contributed by atoms with van der Waals surface area (Å²) in [4.78, 5) is 4.41. The molecule has 0 saturated carbocycles. The lowest BCUT2D eigenvalue weighted by atomic mass is 10.1. The van der Waals surface area contributed by atoms with Gasteiger partial charge >= 0.3 is 0 Å². The van der Waals surface area contributed by atoms with Gasteiger partial charge in [-0.15, -0.1) is 0 Å². The van der Waals surface area contributed by atoms with E-state index in [2.05, 4.69) is 31.4 Å². The molecule has 19 heavy (non-hydrogen) atoms. The third-order valence-corrected chi connectivity index (χ3v) is 3.87. The molecule has 3 rings (SSSR count). The number of aliphatic hydroxyl groups is 1. The van der Waals surface area contributed by atoms with Crippen LogP contribution in [-0.2, 0) is 0 Å². The van der Waals surface area contributed by atoms with Crippen LogP contribution in [0.25, 0.3) is 11.4 Å². The predicted molar refractivity (Wildman–Crippen MR) is 73.5 cm³/mol. The Hall–Kier alpha value is -1.24. The number of aliphatic hydroxyl groups excluding tert-OH is 1. The van der Waals surface area contributed by atoms with Gasteiger partial charge in [-0.25, -0.2) is 0 Å². The van der Waals surface area contributed by atoms with Gasteiger partial charge in [0.2, 0.25) is 11.7 Å². The van der Waals surface area contributed by atoms with Gasteiger partial charge in [-0.05, 0) is 31.0 Å². The molecule has 2 aromatic rings. The number of hydrogen-bond donors (Lipinski definition) is 2. The Labute approximate surface area is 119 Å². The lowest BCUT2D eigenvalue weighted by molar-refractivity contribution is 0.191. The van der Waals surface area contributed by atoms with Crippen LogP contribution in [-0.4, -0.2) is 27.9 Å². The molecule has 2 atom stereocenters. The van der Waals surface area contributed by atoms with Crippen LogP contribution in [0, 0.1) is 6.92 Å². The highest BCUT2D eigenvalue weighted by atomic mass is 79.9. The molecule has 1 aromatic heterocycles. The summed E-state index contributed by atoms with van der Waals surface area (Å²) in [5.74, 6) is 1.09. The van der Waals surface area contributed by atoms with Crippen LogP contribution in [0.1, 0.15) is 23.9 Å². The molecule has 1 aliphatic rings. The highest BCUT2D eigenvalue weighted by Crippen LogP contribution is 2.29. The van der Waals surface area contributed by atoms with E-state index in [9.17, 15) is 5.11 Å². The molecule has 1 fully saturated rings. The molecular formula is C13H14BrN3O2. The Morgan fingerprint density at radius 3 is 3.00 bits per heavy atom. The summed E-state index contributed by atoms with van der Waals surface area (Å²) in [6.45, 7) is 2.59. The quantitative estimate of drug-likeness (QED) is 0.886. The third kappa shape index (κ3) is 2.56. The summed E-state index contributed by atoms with van der Waals surface area (Å²) < 4.78 is 6.22. The zero-order chi connectivity index (χ0) is 13.4. The van der Waals surface area contributed by atoms with Gasteiger partial charge in [-0.2, -0.15) is 4.98 Å². The molecule has 2 N–H and O–H groups in total. The van der Waals surface area contributed by atoms with Crippen molar-refractivity contribution in [2.75, 3.05) is 6.54 Å². The summed E-state index contributed by atoms with van der Waals surface area (Å²) in [6.07, 6.45) is 0.267. The largest absolute Gasteiger partial charge is 0.392 e. The number of rotatable bonds is 2. The van der Waals surface area contributed by atoms with Gasteiger partial charge in [-0.1, -0.05) is 27.2 Å². The van der Waals surface area contributed by atoms with Gasteiger partial charge in [0.1, 0.15) is 0 Å². The van der Waals surface area contributed by atoms with Crippen molar-refractivity contribution in [3.63, 3.8) is 0 Å². The maximum Gasteiger partial charge on any atom is 0.244 e. The SMILES string of the molecule is Cc1ccc(-c2noc(C3CC(O)CN3)n2)c(Br)c1. The molecule has 2 unspecified atom stereocenters. The number of β-amino-alcohol motifs (C(OH)–C–C–N with tert-alkyl or cyclic N) is 1. The Balaban J connectivity index is 1.88. The van der Waals surface area contributed by atoms with Gasteiger partial charge < -0.3 is 14.9 Å². The zero-order valence-corrected chi connectivity index (χ0v) is 12.0. The first-order valence-electron chi connectivity index (χ1n) is 6.15. The summed E-state index contributed by atoms with van der Waals surface area (Å²) in [6, 6.07) is 5.93. The lowest BCUT2D eigenvalue weighted by Gasteiger charge is -2.02. The minimum absolute atomic E-state index is 0.0551. The number of hydrogen-bond acceptors (Lipinski definition) is 5. The van der Waals surface area contributed by atoms with Gasteiger partial charge in [0.05, 0.1) is 12.1 Å². The van der Waals surface area contributed by atoms with Crippen LogP contribution >= 0.6 is 15.9 Å². The van der Waals surface area contributed by atoms with E-state index in [1.807, 2.05) is 25.1 Å². The summed E-state index contributed by atoms with van der Waals surface area (Å²) in [5.41, 5.74) is 2.07. The van der Waals surface area contributed by atoms with E-state index in [-0.39, 0.29) is 12.1 Å². The van der Waals surface area contributed by atoms with Crippen molar-refractivity contribution in [1.29, 1.82) is 0 Å². The van der Waals surface area contributed by atoms with Crippen molar-refractivity contribution < 1.29 is 9.63 Å². The third-order valence-electron chi connectivity index (χ3n) is 3.21. The first-order valence-corrected chi connectivity index (χ1v) is 6.94. The molecule has 2 heterocycles. The molecular weight excluding hydrogens is 310 g/mol. The second kappa shape index (κ2) is 5.03. The van der Waals surface area contributed by atoms with Crippen molar-refractivity contribution >= 4 is 15.9 Å². The first kappa shape index (κ1) is 12.8. The molecule has 0 aliphatic carbocycles. The van der Waals surface area contributed by atoms with Crippen molar-refractivity contribution in [1.82, 2.24) is 15.5 Å². The number of nitrogens with one attached hydrogen (secondary N) is 1. The smallest absolute Gasteiger partial charge is 0.244 e. The van der Waals surface area contributed by atoms with Crippen LogP contribution < -0.4 is 5.32 Å². The van der Waals surface area contributed by atoms with Crippen molar-refractivity contribution in [2.24, 2.45) is 0 Å². The Bertz CT molecular complexity index is 599. The van der Waals surface area contributed by atoms with Gasteiger partial charge in [0.15, 0.2) is 0 Å². The van der Waals surface area contributed by atoms with E-state index in [1.165, 1.54) is 5.56 Å². The molecule has 1 saturated heterocycles. The van der Waals surface area contributed by atoms with Crippen molar-refractivity contribution in [3.05, 3.63) is 34.1 Å². The molecule has 6 heteroatoms. The van der Waals surface area contributed by atoms with E-state index in [0.29, 0.717) is 24.7 Å². The molecule has 5 nitrogen and oxygen atoms in total. The fraction of sp³-hybridized carbons (Fsp3) is 0.385. The number of halogens is 1. The maximum absolute atomic E-state index is 9.50. The van der Waals surface area contributed by atoms with E-state index in [0.717, 1.165) is 10.0 Å². The predicted octanol–water partition coefficient (Wildman–Crippen LogP) is 2.20. The van der Waals surface area contributed by atoms with Gasteiger partial charge in [-0.3, -0.25) is 0 Å². The summed E-state index contributed by atoms with van der Waals surface area (Å²) >= 11 is 3.51. The van der Waals surface area contributed by atoms with E-state index in [4.69, 9.17) is 4.52 Å². The zero-order valence-electron chi connectivity index (χ0n) is 10.4. The molecule has 0 amide bonds. The fourth-order valence-corrected chi connectivity index (χ4v) is 2.86. The highest BCUT2D eigenvalue weighted by molar-refractivity contribution is 9.10. The van der Waals surface area contributed by atoms with Crippen molar-refractivity contribution in [2.45, 2.75) is 25.5 Å². The average Bonchev–Trinajstić information content (AvgIpc) is 2.97. The maximum atomic E-state index is 9.50. The molecule has 1 aromatic carbocycles. The standard InChI is InChI=1S/C13H14BrN3O2/c1-7-2-3-9(10(14)4-7)12-16-13(19-17-12)11-5-8(18)6-15-11/h2-4,8,11,15,18H,5-6H2,1H3. The van der Waals surface area contributed by atoms with E-state index < -0.39 is 0 Å². The fourth-order valence-electron chi connectivity index (χ4n) is 2.19. The Morgan fingerprint density at radius 1 is 1.47 bits per heavy atom. The van der Waals surface area contributed by atoms with Gasteiger partial charge in [0, 0.05) is 16.6 Å². The van der Waals surface area contributed by atoms with E-state index >= 15 is 0 Å². The van der Waals surface area contributed by atoms with Crippen LogP contribution in [0.15, 0.2) is 27.2 Å². The number of nitrogens with zero attached hydrogens (tertiary/aromatic N) is 2. The van der Waals surface area contributed by atoms with Gasteiger partial charge in [0.25, 0.3) is 0 Å². The van der Waals surface area contributed by atoms with Crippen LogP contribution in [0.5, 0.6) is 0 Å². The molecule has 0 bridgehead atoms. The monoisotopic (exact) mass is 323 g/mol. The summed E-state index contributed by atoms with van der Waals surface area (Å²) in [7, 11) is 0. The average molecular weight is 324 g/mol. The molecule has 1 aliphatic heterocycles. The van der Waals surface area contributed by atoms with Crippen LogP contribution in [0.2, 0.25) is 0 Å². The molecule has 0 radical (unpaired) electrons. The second-order valence-electron chi connectivity index (χ2n) is 4.79.